The molecule has 0 bridgehead atoms. The molecule has 8 heteroatoms. The molecule has 1 heterocycles. The SMILES string of the molecule is CC(C)CN1C(=O)/C(=C/c2cc(Br)ccc2OCc2cccc(F)c2)SC1=Nc1ccc(Cl)cc1. The van der Waals surface area contributed by atoms with Gasteiger partial charge in [0.25, 0.3) is 5.91 Å². The van der Waals surface area contributed by atoms with Crippen LogP contribution in [0, 0.1) is 11.7 Å². The lowest BCUT2D eigenvalue weighted by molar-refractivity contribution is -0.122. The van der Waals surface area contributed by atoms with Crippen molar-refractivity contribution in [2.45, 2.75) is 20.5 Å². The molecule has 4 rings (SSSR count). The number of carbonyl (C=O) groups is 1. The molecule has 1 amide bonds. The highest BCUT2D eigenvalue weighted by atomic mass is 79.9. The molecular formula is C27H23BrClFN2O2S. The molecule has 1 saturated heterocycles. The fourth-order valence-electron chi connectivity index (χ4n) is 3.44. The minimum atomic E-state index is -0.310. The second-order valence-corrected chi connectivity index (χ2v) is 10.8. The number of halogens is 3. The monoisotopic (exact) mass is 572 g/mol. The van der Waals surface area contributed by atoms with Gasteiger partial charge in [-0.15, -0.1) is 0 Å². The summed E-state index contributed by atoms with van der Waals surface area (Å²) >= 11 is 10.8. The van der Waals surface area contributed by atoms with Crippen molar-refractivity contribution in [3.8, 4) is 5.75 Å². The molecule has 0 atom stereocenters. The molecule has 0 saturated carbocycles. The lowest BCUT2D eigenvalue weighted by Crippen LogP contribution is -2.32. The first-order chi connectivity index (χ1) is 16.8. The van der Waals surface area contributed by atoms with Crippen molar-refractivity contribution in [3.05, 3.63) is 98.1 Å². The normalized spacial score (nSPS) is 16.1. The Morgan fingerprint density at radius 2 is 1.91 bits per heavy atom. The van der Waals surface area contributed by atoms with Crippen molar-refractivity contribution in [1.82, 2.24) is 4.90 Å². The molecule has 0 spiro atoms. The predicted molar refractivity (Wildman–Crippen MR) is 146 cm³/mol. The van der Waals surface area contributed by atoms with Crippen LogP contribution >= 0.6 is 39.3 Å². The second kappa shape index (κ2) is 11.4. The molecule has 3 aromatic rings. The Labute approximate surface area is 222 Å². The van der Waals surface area contributed by atoms with Crippen LogP contribution in [-0.4, -0.2) is 22.5 Å². The number of amidine groups is 1. The Morgan fingerprint density at radius 1 is 1.14 bits per heavy atom. The number of hydrogen-bond donors (Lipinski definition) is 0. The molecule has 0 N–H and O–H groups in total. The zero-order valence-electron chi connectivity index (χ0n) is 19.2. The standard InChI is InChI=1S/C27H23BrClFN2O2S/c1-17(2)15-32-26(33)25(35-27(32)31-23-9-7-21(29)8-10-23)14-19-13-20(28)6-11-24(19)34-16-18-4-3-5-22(30)12-18/h3-14,17H,15-16H2,1-2H3/b25-14-,31-27?. The predicted octanol–water partition coefficient (Wildman–Crippen LogP) is 8.08. The molecular weight excluding hydrogens is 551 g/mol. The van der Waals surface area contributed by atoms with E-state index in [2.05, 4.69) is 29.8 Å². The summed E-state index contributed by atoms with van der Waals surface area (Å²) in [6, 6.07) is 19.1. The van der Waals surface area contributed by atoms with E-state index in [-0.39, 0.29) is 24.2 Å². The molecule has 1 aliphatic heterocycles. The van der Waals surface area contributed by atoms with Gasteiger partial charge < -0.3 is 4.74 Å². The minimum absolute atomic E-state index is 0.104. The van der Waals surface area contributed by atoms with Crippen molar-refractivity contribution < 1.29 is 13.9 Å². The summed E-state index contributed by atoms with van der Waals surface area (Å²) in [5.74, 6) is 0.449. The number of aliphatic imine (C=N–C) groups is 1. The van der Waals surface area contributed by atoms with Gasteiger partial charge in [-0.05, 0) is 83.9 Å². The van der Waals surface area contributed by atoms with Gasteiger partial charge in [0.05, 0.1) is 10.6 Å². The first-order valence-corrected chi connectivity index (χ1v) is 13.0. The van der Waals surface area contributed by atoms with E-state index in [1.54, 1.807) is 29.2 Å². The van der Waals surface area contributed by atoms with Gasteiger partial charge in [-0.3, -0.25) is 9.69 Å². The van der Waals surface area contributed by atoms with Crippen molar-refractivity contribution in [2.24, 2.45) is 10.9 Å². The maximum absolute atomic E-state index is 13.5. The van der Waals surface area contributed by atoms with E-state index in [1.807, 2.05) is 36.4 Å². The third-order valence-electron chi connectivity index (χ3n) is 5.03. The van der Waals surface area contributed by atoms with Gasteiger partial charge in [-0.25, -0.2) is 9.38 Å². The maximum atomic E-state index is 13.5. The Bertz CT molecular complexity index is 1290. The van der Waals surface area contributed by atoms with E-state index in [0.717, 1.165) is 21.3 Å². The second-order valence-electron chi connectivity index (χ2n) is 8.39. The van der Waals surface area contributed by atoms with Gasteiger partial charge in [0.15, 0.2) is 5.17 Å². The Balaban J connectivity index is 1.64. The summed E-state index contributed by atoms with van der Waals surface area (Å²) in [6.45, 7) is 4.88. The van der Waals surface area contributed by atoms with Gasteiger partial charge in [0.1, 0.15) is 18.2 Å². The van der Waals surface area contributed by atoms with Crippen LogP contribution in [0.25, 0.3) is 6.08 Å². The highest BCUT2D eigenvalue weighted by Crippen LogP contribution is 2.37. The van der Waals surface area contributed by atoms with E-state index in [9.17, 15) is 9.18 Å². The summed E-state index contributed by atoms with van der Waals surface area (Å²) in [6.07, 6.45) is 1.82. The largest absolute Gasteiger partial charge is 0.488 e. The molecule has 0 aliphatic carbocycles. The van der Waals surface area contributed by atoms with E-state index in [4.69, 9.17) is 21.3 Å². The fourth-order valence-corrected chi connectivity index (χ4v) is 4.94. The molecule has 0 aromatic heterocycles. The molecule has 1 aliphatic rings. The summed E-state index contributed by atoms with van der Waals surface area (Å²) < 4.78 is 20.4. The van der Waals surface area contributed by atoms with Crippen LogP contribution in [-0.2, 0) is 11.4 Å². The zero-order valence-corrected chi connectivity index (χ0v) is 22.3. The molecule has 1 fully saturated rings. The van der Waals surface area contributed by atoms with Gasteiger partial charge in [0, 0.05) is 21.6 Å². The van der Waals surface area contributed by atoms with Crippen LogP contribution in [0.15, 0.2) is 81.1 Å². The molecule has 180 valence electrons. The van der Waals surface area contributed by atoms with Crippen LogP contribution in [0.1, 0.15) is 25.0 Å². The first kappa shape index (κ1) is 25.5. The summed E-state index contributed by atoms with van der Waals surface area (Å²) in [7, 11) is 0. The lowest BCUT2D eigenvalue weighted by Gasteiger charge is -2.17. The number of thioether (sulfide) groups is 1. The number of ether oxygens (including phenoxy) is 1. The molecule has 35 heavy (non-hydrogen) atoms. The highest BCUT2D eigenvalue weighted by molar-refractivity contribution is 9.10. The zero-order chi connectivity index (χ0) is 24.9. The van der Waals surface area contributed by atoms with E-state index >= 15 is 0 Å². The van der Waals surface area contributed by atoms with Gasteiger partial charge in [0.2, 0.25) is 0 Å². The first-order valence-electron chi connectivity index (χ1n) is 11.0. The topological polar surface area (TPSA) is 41.9 Å². The van der Waals surface area contributed by atoms with E-state index in [0.29, 0.717) is 27.4 Å². The number of hydrogen-bond acceptors (Lipinski definition) is 4. The quantitative estimate of drug-likeness (QED) is 0.268. The third-order valence-corrected chi connectivity index (χ3v) is 6.78. The average molecular weight is 574 g/mol. The van der Waals surface area contributed by atoms with Crippen LogP contribution in [0.4, 0.5) is 10.1 Å². The van der Waals surface area contributed by atoms with E-state index < -0.39 is 0 Å². The van der Waals surface area contributed by atoms with E-state index in [1.165, 1.54) is 23.9 Å². The third kappa shape index (κ3) is 6.75. The van der Waals surface area contributed by atoms with Crippen molar-refractivity contribution in [2.75, 3.05) is 6.54 Å². The van der Waals surface area contributed by atoms with Crippen LogP contribution in [0.2, 0.25) is 5.02 Å². The summed E-state index contributed by atoms with van der Waals surface area (Å²) in [5, 5.41) is 1.25. The van der Waals surface area contributed by atoms with Crippen molar-refractivity contribution in [3.63, 3.8) is 0 Å². The highest BCUT2D eigenvalue weighted by Gasteiger charge is 2.34. The van der Waals surface area contributed by atoms with Gasteiger partial charge in [-0.1, -0.05) is 53.5 Å². The van der Waals surface area contributed by atoms with Gasteiger partial charge >= 0.3 is 0 Å². The molecule has 0 unspecified atom stereocenters. The minimum Gasteiger partial charge on any atom is -0.488 e. The Hall–Kier alpha value is -2.61. The van der Waals surface area contributed by atoms with Crippen molar-refractivity contribution >= 4 is 62.1 Å². The average Bonchev–Trinajstić information content (AvgIpc) is 3.08. The summed E-state index contributed by atoms with van der Waals surface area (Å²) in [5.41, 5.74) is 2.18. The number of nitrogens with zero attached hydrogens (tertiary/aromatic N) is 2. The number of amides is 1. The van der Waals surface area contributed by atoms with Crippen LogP contribution < -0.4 is 4.74 Å². The fraction of sp³-hybridized carbons (Fsp3) is 0.185. The smallest absolute Gasteiger partial charge is 0.266 e. The maximum Gasteiger partial charge on any atom is 0.266 e. The lowest BCUT2D eigenvalue weighted by atomic mass is 10.1. The van der Waals surface area contributed by atoms with Crippen LogP contribution in [0.5, 0.6) is 5.75 Å². The van der Waals surface area contributed by atoms with Crippen LogP contribution in [0.3, 0.4) is 0 Å². The Kier molecular flexibility index (Phi) is 8.31. The number of benzene rings is 3. The molecule has 3 aromatic carbocycles. The van der Waals surface area contributed by atoms with Gasteiger partial charge in [-0.2, -0.15) is 0 Å². The Morgan fingerprint density at radius 3 is 2.63 bits per heavy atom. The molecule has 0 radical (unpaired) electrons. The van der Waals surface area contributed by atoms with Crippen molar-refractivity contribution in [1.29, 1.82) is 0 Å². The molecule has 4 nitrogen and oxygen atoms in total. The number of rotatable bonds is 7. The summed E-state index contributed by atoms with van der Waals surface area (Å²) in [4.78, 5) is 20.3. The number of carbonyl (C=O) groups excluding carboxylic acids is 1.